The number of rotatable bonds is 5. The van der Waals surface area contributed by atoms with Gasteiger partial charge in [-0.05, 0) is 30.5 Å². The number of carbonyl (C=O) groups is 1. The van der Waals surface area contributed by atoms with Crippen LogP contribution < -0.4 is 11.1 Å². The first kappa shape index (κ1) is 14.6. The zero-order valence-electron chi connectivity index (χ0n) is 11.1. The Morgan fingerprint density at radius 3 is 2.67 bits per heavy atom. The van der Waals surface area contributed by atoms with Crippen molar-refractivity contribution in [3.8, 4) is 0 Å². The summed E-state index contributed by atoms with van der Waals surface area (Å²) in [5.74, 6) is -0.370. The Morgan fingerprint density at radius 1 is 1.44 bits per heavy atom. The Kier molecular flexibility index (Phi) is 5.28. The van der Waals surface area contributed by atoms with Crippen molar-refractivity contribution in [1.29, 1.82) is 0 Å². The summed E-state index contributed by atoms with van der Waals surface area (Å²) in [5, 5.41) is 2.81. The van der Waals surface area contributed by atoms with E-state index in [0.717, 1.165) is 12.0 Å². The Bertz CT molecular complexity index is 409. The van der Waals surface area contributed by atoms with Crippen molar-refractivity contribution >= 4 is 5.91 Å². The number of nitrogens with one attached hydrogen (secondary N) is 1. The summed E-state index contributed by atoms with van der Waals surface area (Å²) in [6.07, 6.45) is 0.850. The summed E-state index contributed by atoms with van der Waals surface area (Å²) in [6, 6.07) is 5.43. The van der Waals surface area contributed by atoms with Crippen LogP contribution in [0.4, 0.5) is 4.39 Å². The van der Waals surface area contributed by atoms with Gasteiger partial charge in [0.25, 0.3) is 0 Å². The lowest BCUT2D eigenvalue weighted by molar-refractivity contribution is -0.124. The molecule has 1 aromatic rings. The summed E-state index contributed by atoms with van der Waals surface area (Å²) in [6.45, 7) is 5.75. The van der Waals surface area contributed by atoms with E-state index in [1.54, 1.807) is 12.1 Å². The Labute approximate surface area is 108 Å². The van der Waals surface area contributed by atoms with Crippen molar-refractivity contribution in [3.63, 3.8) is 0 Å². The molecule has 18 heavy (non-hydrogen) atoms. The third-order valence-electron chi connectivity index (χ3n) is 3.27. The van der Waals surface area contributed by atoms with Crippen LogP contribution in [-0.4, -0.2) is 11.9 Å². The molecule has 0 unspecified atom stereocenters. The minimum Gasteiger partial charge on any atom is -0.348 e. The summed E-state index contributed by atoms with van der Waals surface area (Å²) in [5.41, 5.74) is 6.58. The lowest BCUT2D eigenvalue weighted by Gasteiger charge is -2.21. The van der Waals surface area contributed by atoms with Crippen LogP contribution in [0.25, 0.3) is 0 Å². The average Bonchev–Trinajstić information content (AvgIpc) is 2.36. The van der Waals surface area contributed by atoms with Crippen LogP contribution in [0.1, 0.15) is 38.8 Å². The van der Waals surface area contributed by atoms with Gasteiger partial charge in [-0.15, -0.1) is 0 Å². The van der Waals surface area contributed by atoms with Crippen molar-refractivity contribution < 1.29 is 9.18 Å². The molecule has 3 atom stereocenters. The molecule has 0 saturated carbocycles. The number of amides is 1. The van der Waals surface area contributed by atoms with Crippen LogP contribution in [0.3, 0.4) is 0 Å². The summed E-state index contributed by atoms with van der Waals surface area (Å²) < 4.78 is 13.1. The maximum Gasteiger partial charge on any atom is 0.237 e. The molecule has 1 amide bonds. The van der Waals surface area contributed by atoms with E-state index in [-0.39, 0.29) is 23.7 Å². The van der Waals surface area contributed by atoms with Crippen LogP contribution in [0, 0.1) is 11.7 Å². The molecule has 0 aliphatic rings. The summed E-state index contributed by atoms with van der Waals surface area (Å²) in [7, 11) is 0. The van der Waals surface area contributed by atoms with Crippen LogP contribution in [-0.2, 0) is 4.79 Å². The summed E-state index contributed by atoms with van der Waals surface area (Å²) >= 11 is 0. The predicted octanol–water partition coefficient (Wildman–Crippen LogP) is 2.38. The van der Waals surface area contributed by atoms with Gasteiger partial charge in [-0.3, -0.25) is 4.79 Å². The highest BCUT2D eigenvalue weighted by Crippen LogP contribution is 2.14. The van der Waals surface area contributed by atoms with Gasteiger partial charge in [0.1, 0.15) is 5.82 Å². The monoisotopic (exact) mass is 252 g/mol. The highest BCUT2D eigenvalue weighted by molar-refractivity contribution is 5.82. The smallest absolute Gasteiger partial charge is 0.237 e. The van der Waals surface area contributed by atoms with Crippen molar-refractivity contribution in [2.75, 3.05) is 0 Å². The van der Waals surface area contributed by atoms with Gasteiger partial charge in [-0.25, -0.2) is 4.39 Å². The van der Waals surface area contributed by atoms with Gasteiger partial charge >= 0.3 is 0 Å². The number of benzene rings is 1. The molecule has 100 valence electrons. The van der Waals surface area contributed by atoms with Crippen LogP contribution in [0.5, 0.6) is 0 Å². The fraction of sp³-hybridized carbons (Fsp3) is 0.500. The van der Waals surface area contributed by atoms with Crippen molar-refractivity contribution in [1.82, 2.24) is 5.32 Å². The molecular formula is C14H21FN2O. The van der Waals surface area contributed by atoms with Crippen molar-refractivity contribution in [3.05, 3.63) is 35.6 Å². The molecule has 0 saturated heterocycles. The standard InChI is InChI=1S/C14H21FN2O/c1-4-9(2)13(16)14(18)17-10(3)11-6-5-7-12(15)8-11/h5-10,13H,4,16H2,1-3H3,(H,17,18)/t9-,10+,13-/m0/s1. The largest absolute Gasteiger partial charge is 0.348 e. The second-order valence-electron chi connectivity index (χ2n) is 4.70. The molecule has 0 fully saturated rings. The predicted molar refractivity (Wildman–Crippen MR) is 70.4 cm³/mol. The highest BCUT2D eigenvalue weighted by Gasteiger charge is 2.21. The van der Waals surface area contributed by atoms with Crippen molar-refractivity contribution in [2.45, 2.75) is 39.3 Å². The molecule has 1 rings (SSSR count). The highest BCUT2D eigenvalue weighted by atomic mass is 19.1. The second kappa shape index (κ2) is 6.50. The van der Waals surface area contributed by atoms with Gasteiger partial charge in [0.05, 0.1) is 12.1 Å². The van der Waals surface area contributed by atoms with Gasteiger partial charge in [0.2, 0.25) is 5.91 Å². The first-order valence-electron chi connectivity index (χ1n) is 6.27. The molecule has 0 spiro atoms. The minimum atomic E-state index is -0.522. The summed E-state index contributed by atoms with van der Waals surface area (Å²) in [4.78, 5) is 11.9. The zero-order chi connectivity index (χ0) is 13.7. The zero-order valence-corrected chi connectivity index (χ0v) is 11.1. The normalized spacial score (nSPS) is 15.8. The van der Waals surface area contributed by atoms with E-state index in [0.29, 0.717) is 0 Å². The fourth-order valence-corrected chi connectivity index (χ4v) is 1.68. The third kappa shape index (κ3) is 3.81. The van der Waals surface area contributed by atoms with Crippen molar-refractivity contribution in [2.24, 2.45) is 11.7 Å². The quantitative estimate of drug-likeness (QED) is 0.845. The maximum absolute atomic E-state index is 13.1. The Morgan fingerprint density at radius 2 is 2.11 bits per heavy atom. The Balaban J connectivity index is 2.65. The molecule has 0 bridgehead atoms. The first-order valence-corrected chi connectivity index (χ1v) is 6.27. The van der Waals surface area contributed by atoms with Gasteiger partial charge in [0.15, 0.2) is 0 Å². The van der Waals surface area contributed by atoms with E-state index in [9.17, 15) is 9.18 Å². The van der Waals surface area contributed by atoms with Crippen LogP contribution in [0.2, 0.25) is 0 Å². The Hall–Kier alpha value is -1.42. The third-order valence-corrected chi connectivity index (χ3v) is 3.27. The minimum absolute atomic E-state index is 0.129. The SMILES string of the molecule is CC[C@H](C)[C@H](N)C(=O)N[C@H](C)c1cccc(F)c1. The van der Waals surface area contributed by atoms with E-state index >= 15 is 0 Å². The molecular weight excluding hydrogens is 231 g/mol. The van der Waals surface area contributed by atoms with E-state index in [1.807, 2.05) is 20.8 Å². The molecule has 0 aromatic heterocycles. The van der Waals surface area contributed by atoms with Gasteiger partial charge in [-0.2, -0.15) is 0 Å². The van der Waals surface area contributed by atoms with Gasteiger partial charge < -0.3 is 11.1 Å². The number of hydrogen-bond donors (Lipinski definition) is 2. The lowest BCUT2D eigenvalue weighted by atomic mass is 9.98. The number of carbonyl (C=O) groups excluding carboxylic acids is 1. The first-order chi connectivity index (χ1) is 8.45. The second-order valence-corrected chi connectivity index (χ2v) is 4.70. The number of halogens is 1. The molecule has 0 aliphatic heterocycles. The van der Waals surface area contributed by atoms with Gasteiger partial charge in [-0.1, -0.05) is 32.4 Å². The number of nitrogens with two attached hydrogens (primary N) is 1. The topological polar surface area (TPSA) is 55.1 Å². The van der Waals surface area contributed by atoms with E-state index < -0.39 is 6.04 Å². The molecule has 3 nitrogen and oxygen atoms in total. The lowest BCUT2D eigenvalue weighted by Crippen LogP contribution is -2.45. The van der Waals surface area contributed by atoms with E-state index in [2.05, 4.69) is 5.32 Å². The fourth-order valence-electron chi connectivity index (χ4n) is 1.68. The van der Waals surface area contributed by atoms with Crippen LogP contribution >= 0.6 is 0 Å². The van der Waals surface area contributed by atoms with Crippen LogP contribution in [0.15, 0.2) is 24.3 Å². The van der Waals surface area contributed by atoms with E-state index in [4.69, 9.17) is 5.73 Å². The molecule has 0 heterocycles. The molecule has 0 aliphatic carbocycles. The maximum atomic E-state index is 13.1. The molecule has 3 N–H and O–H groups in total. The number of hydrogen-bond acceptors (Lipinski definition) is 2. The molecule has 1 aromatic carbocycles. The molecule has 4 heteroatoms. The molecule has 0 radical (unpaired) electrons. The average molecular weight is 252 g/mol. The van der Waals surface area contributed by atoms with E-state index in [1.165, 1.54) is 12.1 Å². The van der Waals surface area contributed by atoms with Gasteiger partial charge in [0, 0.05) is 0 Å².